The molecule has 0 N–H and O–H groups in total. The van der Waals surface area contributed by atoms with E-state index < -0.39 is 9.84 Å². The van der Waals surface area contributed by atoms with Gasteiger partial charge in [-0.1, -0.05) is 34.0 Å². The molecule has 0 saturated carbocycles. The minimum absolute atomic E-state index is 0.115. The second kappa shape index (κ2) is 4.96. The van der Waals surface area contributed by atoms with Gasteiger partial charge in [-0.25, -0.2) is 8.42 Å². The molecule has 1 fully saturated rings. The Hall–Kier alpha value is 0.420. The van der Waals surface area contributed by atoms with E-state index >= 15 is 0 Å². The molecule has 0 bridgehead atoms. The summed E-state index contributed by atoms with van der Waals surface area (Å²) in [5.41, 5.74) is 0. The van der Waals surface area contributed by atoms with Crippen LogP contribution in [0.25, 0.3) is 0 Å². The monoisotopic (exact) mass is 342 g/mol. The van der Waals surface area contributed by atoms with E-state index in [0.717, 1.165) is 24.1 Å². The zero-order valence-electron chi connectivity index (χ0n) is 8.53. The van der Waals surface area contributed by atoms with Crippen LogP contribution >= 0.6 is 38.9 Å². The molecular formula is C10H12BrClO2S2. The van der Waals surface area contributed by atoms with Crippen molar-refractivity contribution in [3.05, 3.63) is 21.3 Å². The predicted octanol–water partition coefficient (Wildman–Crippen LogP) is 3.80. The van der Waals surface area contributed by atoms with E-state index in [1.54, 1.807) is 0 Å². The van der Waals surface area contributed by atoms with Crippen molar-refractivity contribution in [1.82, 2.24) is 0 Å². The van der Waals surface area contributed by atoms with Gasteiger partial charge in [0, 0.05) is 4.88 Å². The first-order valence-corrected chi connectivity index (χ1v) is 8.94. The Morgan fingerprint density at radius 2 is 2.19 bits per heavy atom. The van der Waals surface area contributed by atoms with Gasteiger partial charge in [0.15, 0.2) is 9.84 Å². The van der Waals surface area contributed by atoms with Crippen LogP contribution in [0.4, 0.5) is 0 Å². The molecule has 0 aromatic carbocycles. The number of alkyl halides is 1. The Labute approximate surface area is 113 Å². The van der Waals surface area contributed by atoms with E-state index in [9.17, 15) is 8.42 Å². The second-order valence-corrected chi connectivity index (χ2v) is 9.02. The van der Waals surface area contributed by atoms with Gasteiger partial charge >= 0.3 is 0 Å². The van der Waals surface area contributed by atoms with Gasteiger partial charge in [0.2, 0.25) is 0 Å². The molecule has 2 rings (SSSR count). The fourth-order valence-corrected chi connectivity index (χ4v) is 6.79. The zero-order chi connectivity index (χ0) is 11.8. The van der Waals surface area contributed by atoms with Crippen LogP contribution in [0.1, 0.15) is 29.0 Å². The van der Waals surface area contributed by atoms with Crippen LogP contribution in [0.5, 0.6) is 0 Å². The molecule has 2 atom stereocenters. The van der Waals surface area contributed by atoms with Gasteiger partial charge in [-0.05, 0) is 25.0 Å². The smallest absolute Gasteiger partial charge is 0.154 e. The largest absolute Gasteiger partial charge is 0.228 e. The molecule has 0 radical (unpaired) electrons. The number of hydrogen-bond donors (Lipinski definition) is 0. The summed E-state index contributed by atoms with van der Waals surface area (Å²) in [7, 11) is -2.94. The minimum atomic E-state index is -2.94. The summed E-state index contributed by atoms with van der Waals surface area (Å²) in [5.74, 6) is 0.318. The van der Waals surface area contributed by atoms with Crippen molar-refractivity contribution in [2.24, 2.45) is 0 Å². The van der Waals surface area contributed by atoms with Crippen LogP contribution < -0.4 is 0 Å². The summed E-state index contributed by atoms with van der Waals surface area (Å²) in [6.45, 7) is 0. The quantitative estimate of drug-likeness (QED) is 0.765. The number of halogens is 2. The molecule has 1 aromatic rings. The molecule has 1 saturated heterocycles. The van der Waals surface area contributed by atoms with Crippen LogP contribution in [-0.2, 0) is 9.84 Å². The topological polar surface area (TPSA) is 34.1 Å². The number of rotatable bonds is 2. The molecule has 2 unspecified atom stereocenters. The first-order chi connectivity index (χ1) is 7.50. The zero-order valence-corrected chi connectivity index (χ0v) is 12.5. The van der Waals surface area contributed by atoms with Crippen molar-refractivity contribution >= 4 is 48.7 Å². The van der Waals surface area contributed by atoms with Crippen LogP contribution in [0, 0.1) is 0 Å². The Morgan fingerprint density at radius 3 is 2.75 bits per heavy atom. The third-order valence-corrected chi connectivity index (χ3v) is 8.21. The standard InChI is InChI=1S/C10H12BrClO2S2/c11-10(7-4-5-9(12)15-7)8-3-1-2-6-16(8,13)14/h4-5,8,10H,1-3,6H2. The molecule has 0 amide bonds. The van der Waals surface area contributed by atoms with Crippen LogP contribution in [-0.4, -0.2) is 19.4 Å². The van der Waals surface area contributed by atoms with Crippen molar-refractivity contribution in [1.29, 1.82) is 0 Å². The van der Waals surface area contributed by atoms with Crippen LogP contribution in [0.2, 0.25) is 4.34 Å². The Morgan fingerprint density at radius 1 is 1.44 bits per heavy atom. The molecular weight excluding hydrogens is 332 g/mol. The third kappa shape index (κ3) is 2.63. The lowest BCUT2D eigenvalue weighted by atomic mass is 10.1. The highest BCUT2D eigenvalue weighted by molar-refractivity contribution is 9.09. The van der Waals surface area contributed by atoms with Crippen molar-refractivity contribution in [3.63, 3.8) is 0 Å². The lowest BCUT2D eigenvalue weighted by Crippen LogP contribution is -2.31. The molecule has 0 spiro atoms. The number of thiophene rings is 1. The molecule has 0 aliphatic carbocycles. The van der Waals surface area contributed by atoms with E-state index in [1.807, 2.05) is 12.1 Å². The summed E-state index contributed by atoms with van der Waals surface area (Å²) >= 11 is 10.8. The normalized spacial score (nSPS) is 26.5. The highest BCUT2D eigenvalue weighted by Gasteiger charge is 2.35. The van der Waals surface area contributed by atoms with Crippen LogP contribution in [0.15, 0.2) is 12.1 Å². The maximum absolute atomic E-state index is 11.9. The van der Waals surface area contributed by atoms with Crippen molar-refractivity contribution in [3.8, 4) is 0 Å². The van der Waals surface area contributed by atoms with E-state index in [4.69, 9.17) is 11.6 Å². The van der Waals surface area contributed by atoms with Gasteiger partial charge in [-0.2, -0.15) is 0 Å². The second-order valence-electron chi connectivity index (χ2n) is 3.94. The summed E-state index contributed by atoms with van der Waals surface area (Å²) in [5, 5.41) is -0.295. The first kappa shape index (κ1) is 12.9. The maximum Gasteiger partial charge on any atom is 0.154 e. The average molecular weight is 344 g/mol. The summed E-state index contributed by atoms with van der Waals surface area (Å²) < 4.78 is 24.6. The number of hydrogen-bond acceptors (Lipinski definition) is 3. The fourth-order valence-electron chi connectivity index (χ4n) is 1.97. The van der Waals surface area contributed by atoms with E-state index in [1.165, 1.54) is 11.3 Å². The van der Waals surface area contributed by atoms with Gasteiger partial charge in [0.1, 0.15) is 0 Å². The average Bonchev–Trinajstić information content (AvgIpc) is 2.63. The maximum atomic E-state index is 11.9. The molecule has 2 heterocycles. The molecule has 16 heavy (non-hydrogen) atoms. The van der Waals surface area contributed by atoms with Gasteiger partial charge in [0.05, 0.1) is 20.2 Å². The predicted molar refractivity (Wildman–Crippen MR) is 72.4 cm³/mol. The van der Waals surface area contributed by atoms with Gasteiger partial charge in [-0.15, -0.1) is 11.3 Å². The van der Waals surface area contributed by atoms with E-state index in [-0.39, 0.29) is 10.1 Å². The summed E-state index contributed by atoms with van der Waals surface area (Å²) in [6.07, 6.45) is 2.53. The SMILES string of the molecule is O=S1(=O)CCCCC1C(Br)c1ccc(Cl)s1. The van der Waals surface area contributed by atoms with Gasteiger partial charge in [-0.3, -0.25) is 0 Å². The van der Waals surface area contributed by atoms with E-state index in [0.29, 0.717) is 10.1 Å². The molecule has 1 aromatic heterocycles. The fraction of sp³-hybridized carbons (Fsp3) is 0.600. The Bertz CT molecular complexity index is 469. The lowest BCUT2D eigenvalue weighted by Gasteiger charge is -2.25. The highest BCUT2D eigenvalue weighted by atomic mass is 79.9. The molecule has 90 valence electrons. The minimum Gasteiger partial charge on any atom is -0.228 e. The van der Waals surface area contributed by atoms with E-state index in [2.05, 4.69) is 15.9 Å². The van der Waals surface area contributed by atoms with Gasteiger partial charge < -0.3 is 0 Å². The summed E-state index contributed by atoms with van der Waals surface area (Å²) in [6, 6.07) is 3.71. The Balaban J connectivity index is 2.24. The third-order valence-electron chi connectivity index (χ3n) is 2.82. The molecule has 2 nitrogen and oxygen atoms in total. The molecule has 6 heteroatoms. The first-order valence-electron chi connectivity index (χ1n) is 5.11. The van der Waals surface area contributed by atoms with Crippen molar-refractivity contribution in [2.75, 3.05) is 5.75 Å². The Kier molecular flexibility index (Phi) is 3.99. The van der Waals surface area contributed by atoms with Crippen molar-refractivity contribution in [2.45, 2.75) is 29.3 Å². The highest BCUT2D eigenvalue weighted by Crippen LogP contribution is 2.40. The van der Waals surface area contributed by atoms with Crippen molar-refractivity contribution < 1.29 is 8.42 Å². The molecule has 1 aliphatic heterocycles. The summed E-state index contributed by atoms with van der Waals surface area (Å²) in [4.78, 5) is 0.885. The van der Waals surface area contributed by atoms with Gasteiger partial charge in [0.25, 0.3) is 0 Å². The number of sulfone groups is 1. The molecule has 1 aliphatic rings. The lowest BCUT2D eigenvalue weighted by molar-refractivity contribution is 0.538. The van der Waals surface area contributed by atoms with Crippen LogP contribution in [0.3, 0.4) is 0 Å².